The van der Waals surface area contributed by atoms with Crippen LogP contribution in [0.1, 0.15) is 15.9 Å². The van der Waals surface area contributed by atoms with Crippen molar-refractivity contribution in [2.45, 2.75) is 0 Å². The number of nitrogens with one attached hydrogen (secondary N) is 1. The number of hydrogen-bond acceptors (Lipinski definition) is 4. The number of nitrogens with zero attached hydrogens (tertiary/aromatic N) is 1. The largest absolute Gasteiger partial charge is 0.457 e. The summed E-state index contributed by atoms with van der Waals surface area (Å²) in [6.07, 6.45) is 0. The average molecular weight is 485 g/mol. The van der Waals surface area contributed by atoms with Crippen molar-refractivity contribution in [3.05, 3.63) is 113 Å². The first-order chi connectivity index (χ1) is 15.6. The fraction of sp³-hybridized carbons (Fsp3) is 0. The van der Waals surface area contributed by atoms with Gasteiger partial charge in [0.25, 0.3) is 5.91 Å². The molecule has 6 heteroatoms. The minimum Gasteiger partial charge on any atom is -0.457 e. The van der Waals surface area contributed by atoms with Gasteiger partial charge in [0.2, 0.25) is 0 Å². The van der Waals surface area contributed by atoms with Gasteiger partial charge in [0, 0.05) is 15.7 Å². The van der Waals surface area contributed by atoms with E-state index in [1.165, 1.54) is 0 Å². The van der Waals surface area contributed by atoms with Crippen molar-refractivity contribution in [3.8, 4) is 29.1 Å². The summed E-state index contributed by atoms with van der Waals surface area (Å²) < 4.78 is 12.6. The summed E-state index contributed by atoms with van der Waals surface area (Å²) in [5.74, 6) is 2.37. The van der Waals surface area contributed by atoms with Crippen LogP contribution in [0.25, 0.3) is 0 Å². The first kappa shape index (κ1) is 21.2. The average Bonchev–Trinajstić information content (AvgIpc) is 2.83. The number of rotatable bonds is 6. The molecule has 32 heavy (non-hydrogen) atoms. The third-order valence-corrected chi connectivity index (χ3v) is 5.03. The fourth-order valence-corrected chi connectivity index (χ4v) is 3.12. The molecule has 0 aromatic heterocycles. The number of halogens is 1. The maximum atomic E-state index is 12.4. The second kappa shape index (κ2) is 9.82. The quantitative estimate of drug-likeness (QED) is 0.315. The lowest BCUT2D eigenvalue weighted by Gasteiger charge is -2.09. The third-order valence-electron chi connectivity index (χ3n) is 4.50. The highest BCUT2D eigenvalue weighted by atomic mass is 79.9. The van der Waals surface area contributed by atoms with E-state index in [9.17, 15) is 4.79 Å². The minimum absolute atomic E-state index is 0.192. The van der Waals surface area contributed by atoms with Gasteiger partial charge in [0.05, 0.1) is 11.6 Å². The van der Waals surface area contributed by atoms with E-state index in [1.54, 1.807) is 72.8 Å². The Bertz CT molecular complexity index is 1250. The van der Waals surface area contributed by atoms with Crippen molar-refractivity contribution >= 4 is 27.5 Å². The van der Waals surface area contributed by atoms with Gasteiger partial charge in [-0.3, -0.25) is 4.79 Å². The van der Waals surface area contributed by atoms with Crippen LogP contribution in [0, 0.1) is 11.3 Å². The first-order valence-electron chi connectivity index (χ1n) is 9.72. The predicted octanol–water partition coefficient (Wildman–Crippen LogP) is 7.16. The van der Waals surface area contributed by atoms with Crippen LogP contribution >= 0.6 is 15.9 Å². The lowest BCUT2D eigenvalue weighted by atomic mass is 10.2. The molecule has 1 amide bonds. The topological polar surface area (TPSA) is 71.3 Å². The summed E-state index contributed by atoms with van der Waals surface area (Å²) in [4.78, 5) is 12.4. The zero-order valence-electron chi connectivity index (χ0n) is 16.8. The number of nitriles is 1. The molecule has 0 spiro atoms. The van der Waals surface area contributed by atoms with E-state index in [0.717, 1.165) is 10.2 Å². The van der Waals surface area contributed by atoms with Gasteiger partial charge in [-0.2, -0.15) is 5.26 Å². The van der Waals surface area contributed by atoms with E-state index in [2.05, 4.69) is 27.3 Å². The van der Waals surface area contributed by atoms with E-state index < -0.39 is 0 Å². The molecule has 0 unspecified atom stereocenters. The standard InChI is InChI=1S/C26H17BrN2O3/c27-20-5-7-21(8-6-20)29-26(30)19-3-11-23(12-4-19)32-25-15-13-24(14-16-25)31-22-9-1-18(17-28)2-10-22/h1-16H,(H,29,30). The molecular weight excluding hydrogens is 468 g/mol. The molecule has 4 aromatic rings. The highest BCUT2D eigenvalue weighted by molar-refractivity contribution is 9.10. The second-order valence-corrected chi connectivity index (χ2v) is 7.71. The molecule has 0 fully saturated rings. The van der Waals surface area contributed by atoms with Gasteiger partial charge in [-0.1, -0.05) is 15.9 Å². The molecule has 4 rings (SSSR count). The molecule has 1 N–H and O–H groups in total. The number of carbonyl (C=O) groups is 1. The van der Waals surface area contributed by atoms with Gasteiger partial charge < -0.3 is 14.8 Å². The summed E-state index contributed by atoms with van der Waals surface area (Å²) in [5.41, 5.74) is 1.84. The SMILES string of the molecule is N#Cc1ccc(Oc2ccc(Oc3ccc(C(=O)Nc4ccc(Br)cc4)cc3)cc2)cc1. The van der Waals surface area contributed by atoms with Gasteiger partial charge in [0.15, 0.2) is 0 Å². The first-order valence-corrected chi connectivity index (χ1v) is 10.5. The van der Waals surface area contributed by atoms with Crippen LogP contribution in [0.2, 0.25) is 0 Å². The number of benzene rings is 4. The van der Waals surface area contributed by atoms with Crippen LogP contribution < -0.4 is 14.8 Å². The third kappa shape index (κ3) is 5.54. The van der Waals surface area contributed by atoms with Gasteiger partial charge in [-0.15, -0.1) is 0 Å². The summed E-state index contributed by atoms with van der Waals surface area (Å²) in [6.45, 7) is 0. The van der Waals surface area contributed by atoms with Crippen LogP contribution in [0.5, 0.6) is 23.0 Å². The number of anilines is 1. The van der Waals surface area contributed by atoms with Crippen LogP contribution in [0.4, 0.5) is 5.69 Å². The molecule has 0 radical (unpaired) electrons. The number of amides is 1. The minimum atomic E-state index is -0.192. The van der Waals surface area contributed by atoms with Gasteiger partial charge in [-0.25, -0.2) is 0 Å². The number of carbonyl (C=O) groups excluding carboxylic acids is 1. The van der Waals surface area contributed by atoms with Crippen molar-refractivity contribution in [2.24, 2.45) is 0 Å². The van der Waals surface area contributed by atoms with Crippen LogP contribution in [-0.4, -0.2) is 5.91 Å². The maximum Gasteiger partial charge on any atom is 0.255 e. The van der Waals surface area contributed by atoms with Gasteiger partial charge in [-0.05, 0) is 97.1 Å². The van der Waals surface area contributed by atoms with Crippen LogP contribution in [0.15, 0.2) is 102 Å². The summed E-state index contributed by atoms with van der Waals surface area (Å²) in [7, 11) is 0. The monoisotopic (exact) mass is 484 g/mol. The molecule has 0 aliphatic carbocycles. The molecule has 4 aromatic carbocycles. The van der Waals surface area contributed by atoms with Crippen molar-refractivity contribution in [1.29, 1.82) is 5.26 Å². The smallest absolute Gasteiger partial charge is 0.255 e. The Labute approximate surface area is 194 Å². The van der Waals surface area contributed by atoms with Crippen molar-refractivity contribution in [3.63, 3.8) is 0 Å². The van der Waals surface area contributed by atoms with E-state index in [4.69, 9.17) is 14.7 Å². The van der Waals surface area contributed by atoms with E-state index in [0.29, 0.717) is 34.1 Å². The molecule has 0 aliphatic heterocycles. The Morgan fingerprint density at radius 1 is 0.688 bits per heavy atom. The van der Waals surface area contributed by atoms with Gasteiger partial charge >= 0.3 is 0 Å². The molecule has 156 valence electrons. The Hall–Kier alpha value is -4.08. The van der Waals surface area contributed by atoms with Crippen LogP contribution in [-0.2, 0) is 0 Å². The zero-order valence-corrected chi connectivity index (χ0v) is 18.4. The normalized spacial score (nSPS) is 10.1. The Kier molecular flexibility index (Phi) is 6.49. The zero-order chi connectivity index (χ0) is 22.3. The van der Waals surface area contributed by atoms with E-state index >= 15 is 0 Å². The van der Waals surface area contributed by atoms with Crippen molar-refractivity contribution in [1.82, 2.24) is 0 Å². The molecule has 0 saturated carbocycles. The predicted molar refractivity (Wildman–Crippen MR) is 126 cm³/mol. The van der Waals surface area contributed by atoms with Gasteiger partial charge in [0.1, 0.15) is 23.0 Å². The van der Waals surface area contributed by atoms with Crippen molar-refractivity contribution < 1.29 is 14.3 Å². The molecule has 0 aliphatic rings. The fourth-order valence-electron chi connectivity index (χ4n) is 2.86. The summed E-state index contributed by atoms with van der Waals surface area (Å²) in [5, 5.41) is 11.7. The number of hydrogen-bond donors (Lipinski definition) is 1. The molecule has 5 nitrogen and oxygen atoms in total. The Morgan fingerprint density at radius 2 is 1.12 bits per heavy atom. The highest BCUT2D eigenvalue weighted by Crippen LogP contribution is 2.27. The molecule has 0 heterocycles. The molecular formula is C26H17BrN2O3. The molecule has 0 saturated heterocycles. The lowest BCUT2D eigenvalue weighted by molar-refractivity contribution is 0.102. The Morgan fingerprint density at radius 3 is 1.59 bits per heavy atom. The Balaban J connectivity index is 1.35. The van der Waals surface area contributed by atoms with E-state index in [-0.39, 0.29) is 5.91 Å². The maximum absolute atomic E-state index is 12.4. The van der Waals surface area contributed by atoms with Crippen LogP contribution in [0.3, 0.4) is 0 Å². The lowest BCUT2D eigenvalue weighted by Crippen LogP contribution is -2.11. The molecule has 0 atom stereocenters. The molecule has 0 bridgehead atoms. The van der Waals surface area contributed by atoms with E-state index in [1.807, 2.05) is 24.3 Å². The summed E-state index contributed by atoms with van der Waals surface area (Å²) >= 11 is 3.37. The number of ether oxygens (including phenoxy) is 2. The summed E-state index contributed by atoms with van der Waals surface area (Å²) in [6, 6.07) is 30.5. The highest BCUT2D eigenvalue weighted by Gasteiger charge is 2.07. The second-order valence-electron chi connectivity index (χ2n) is 6.80. The van der Waals surface area contributed by atoms with Crippen molar-refractivity contribution in [2.75, 3.05) is 5.32 Å².